The molecule has 2 aromatic carbocycles. The highest BCUT2D eigenvalue weighted by Gasteiger charge is 2.42. The standard InChI is InChI=1S/C27H26N4OS/c1-18-7-6-8-21(17-18)31-26(25(29-27(31)33)23-9-4-5-16-28-23)24-15-10-19(2)30(24)20-11-13-22(32-3)14-12-20/h4-17,25-26H,1-3H3,(H,29,33)/t25-,26+/m1/s1. The lowest BCUT2D eigenvalue weighted by Gasteiger charge is -2.29. The van der Waals surface area contributed by atoms with Gasteiger partial charge in [-0.25, -0.2) is 0 Å². The van der Waals surface area contributed by atoms with E-state index >= 15 is 0 Å². The Hall–Kier alpha value is -3.64. The number of rotatable bonds is 5. The summed E-state index contributed by atoms with van der Waals surface area (Å²) in [4.78, 5) is 6.89. The molecule has 1 saturated heterocycles. The van der Waals surface area contributed by atoms with Gasteiger partial charge in [0.25, 0.3) is 0 Å². The number of pyridine rings is 1. The predicted octanol–water partition coefficient (Wildman–Crippen LogP) is 5.67. The van der Waals surface area contributed by atoms with Crippen molar-refractivity contribution in [2.24, 2.45) is 0 Å². The van der Waals surface area contributed by atoms with Gasteiger partial charge in [-0.3, -0.25) is 4.98 Å². The van der Waals surface area contributed by atoms with Gasteiger partial charge >= 0.3 is 0 Å². The largest absolute Gasteiger partial charge is 0.497 e. The maximum absolute atomic E-state index is 5.88. The van der Waals surface area contributed by atoms with Crippen molar-refractivity contribution in [1.82, 2.24) is 14.9 Å². The molecule has 5 nitrogen and oxygen atoms in total. The third kappa shape index (κ3) is 3.87. The number of nitrogens with one attached hydrogen (secondary N) is 1. The van der Waals surface area contributed by atoms with E-state index in [1.807, 2.05) is 30.5 Å². The van der Waals surface area contributed by atoms with Crippen LogP contribution in [0.2, 0.25) is 0 Å². The van der Waals surface area contributed by atoms with Gasteiger partial charge in [-0.2, -0.15) is 0 Å². The molecule has 0 amide bonds. The minimum absolute atomic E-state index is 0.0787. The SMILES string of the molecule is COc1ccc(-n2c(C)ccc2[C@H]2[C@@H](c3ccccn3)NC(=S)N2c2cccc(C)c2)cc1. The zero-order valence-corrected chi connectivity index (χ0v) is 19.7. The van der Waals surface area contributed by atoms with Crippen LogP contribution >= 0.6 is 12.2 Å². The average Bonchev–Trinajstić information content (AvgIpc) is 3.39. The lowest BCUT2D eigenvalue weighted by atomic mass is 10.0. The van der Waals surface area contributed by atoms with Crippen molar-refractivity contribution in [3.05, 3.63) is 108 Å². The molecule has 3 heterocycles. The topological polar surface area (TPSA) is 42.3 Å². The van der Waals surface area contributed by atoms with Crippen LogP contribution in [0.25, 0.3) is 5.69 Å². The van der Waals surface area contributed by atoms with Gasteiger partial charge in [0, 0.05) is 29.0 Å². The molecule has 1 aliphatic rings. The quantitative estimate of drug-likeness (QED) is 0.393. The van der Waals surface area contributed by atoms with Crippen molar-refractivity contribution in [3.8, 4) is 11.4 Å². The molecule has 0 saturated carbocycles. The Bertz CT molecular complexity index is 1280. The first kappa shape index (κ1) is 21.2. The van der Waals surface area contributed by atoms with E-state index in [2.05, 4.69) is 88.2 Å². The summed E-state index contributed by atoms with van der Waals surface area (Å²) in [7, 11) is 1.68. The summed E-state index contributed by atoms with van der Waals surface area (Å²) in [6.07, 6.45) is 1.83. The van der Waals surface area contributed by atoms with Crippen molar-refractivity contribution < 1.29 is 4.74 Å². The molecule has 4 aromatic rings. The van der Waals surface area contributed by atoms with E-state index in [1.54, 1.807) is 7.11 Å². The molecule has 0 bridgehead atoms. The predicted molar refractivity (Wildman–Crippen MR) is 136 cm³/mol. The molecule has 6 heteroatoms. The van der Waals surface area contributed by atoms with Gasteiger partial charge in [0.05, 0.1) is 18.8 Å². The third-order valence-electron chi connectivity index (χ3n) is 6.12. The molecule has 1 N–H and O–H groups in total. The van der Waals surface area contributed by atoms with Crippen LogP contribution in [0.1, 0.15) is 34.7 Å². The van der Waals surface area contributed by atoms with Crippen molar-refractivity contribution in [2.75, 3.05) is 12.0 Å². The molecule has 33 heavy (non-hydrogen) atoms. The van der Waals surface area contributed by atoms with Gasteiger partial charge < -0.3 is 19.5 Å². The Kier molecular flexibility index (Phi) is 5.60. The zero-order valence-electron chi connectivity index (χ0n) is 18.9. The molecule has 2 aromatic heterocycles. The van der Waals surface area contributed by atoms with Crippen molar-refractivity contribution >= 4 is 23.0 Å². The zero-order chi connectivity index (χ0) is 22.9. The summed E-state index contributed by atoms with van der Waals surface area (Å²) in [5.74, 6) is 0.835. The molecule has 1 aliphatic heterocycles. The first-order valence-corrected chi connectivity index (χ1v) is 11.4. The number of nitrogens with zero attached hydrogens (tertiary/aromatic N) is 3. The summed E-state index contributed by atoms with van der Waals surface area (Å²) < 4.78 is 7.66. The first-order valence-electron chi connectivity index (χ1n) is 11.0. The van der Waals surface area contributed by atoms with Gasteiger partial charge in [-0.1, -0.05) is 18.2 Å². The molecule has 0 radical (unpaired) electrons. The molecule has 5 rings (SSSR count). The Balaban J connectivity index is 1.68. The van der Waals surface area contributed by atoms with E-state index in [0.29, 0.717) is 5.11 Å². The van der Waals surface area contributed by atoms with E-state index in [-0.39, 0.29) is 12.1 Å². The summed E-state index contributed by atoms with van der Waals surface area (Å²) in [6.45, 7) is 4.23. The third-order valence-corrected chi connectivity index (χ3v) is 6.43. The van der Waals surface area contributed by atoms with Crippen LogP contribution in [0.5, 0.6) is 5.75 Å². The molecule has 0 unspecified atom stereocenters. The number of ether oxygens (including phenoxy) is 1. The van der Waals surface area contributed by atoms with Crippen molar-refractivity contribution in [3.63, 3.8) is 0 Å². The second kappa shape index (κ2) is 8.71. The van der Waals surface area contributed by atoms with E-state index in [4.69, 9.17) is 17.0 Å². The van der Waals surface area contributed by atoms with Gasteiger partial charge in [-0.15, -0.1) is 0 Å². The van der Waals surface area contributed by atoms with Crippen LogP contribution in [-0.4, -0.2) is 21.8 Å². The second-order valence-electron chi connectivity index (χ2n) is 8.27. The van der Waals surface area contributed by atoms with E-state index in [9.17, 15) is 0 Å². The van der Waals surface area contributed by atoms with Crippen LogP contribution in [0.3, 0.4) is 0 Å². The van der Waals surface area contributed by atoms with Crippen LogP contribution in [-0.2, 0) is 0 Å². The second-order valence-corrected chi connectivity index (χ2v) is 8.66. The number of thiocarbonyl (C=S) groups is 1. The molecule has 166 valence electrons. The summed E-state index contributed by atoms with van der Waals surface area (Å²) in [6, 6.07) is 26.8. The molecule has 0 spiro atoms. The number of benzene rings is 2. The molecule has 2 atom stereocenters. The number of anilines is 1. The van der Waals surface area contributed by atoms with E-state index in [0.717, 1.165) is 34.2 Å². The smallest absolute Gasteiger partial charge is 0.174 e. The molecular formula is C27H26N4OS. The number of methoxy groups -OCH3 is 1. The van der Waals surface area contributed by atoms with Gasteiger partial charge in [-0.05, 0) is 92.3 Å². The van der Waals surface area contributed by atoms with Crippen LogP contribution < -0.4 is 15.0 Å². The normalized spacial score (nSPS) is 17.8. The van der Waals surface area contributed by atoms with Crippen molar-refractivity contribution in [1.29, 1.82) is 0 Å². The fourth-order valence-corrected chi connectivity index (χ4v) is 4.93. The minimum atomic E-state index is -0.0921. The highest BCUT2D eigenvalue weighted by atomic mass is 32.1. The fourth-order valence-electron chi connectivity index (χ4n) is 4.58. The van der Waals surface area contributed by atoms with Crippen LogP contribution in [0, 0.1) is 13.8 Å². The van der Waals surface area contributed by atoms with Gasteiger partial charge in [0.1, 0.15) is 11.8 Å². The first-order chi connectivity index (χ1) is 16.1. The minimum Gasteiger partial charge on any atom is -0.497 e. The summed E-state index contributed by atoms with van der Waals surface area (Å²) in [5.41, 5.74) is 6.59. The maximum atomic E-state index is 5.88. The van der Waals surface area contributed by atoms with Crippen LogP contribution in [0.4, 0.5) is 5.69 Å². The Morgan fingerprint density at radius 2 is 1.73 bits per heavy atom. The number of hydrogen-bond donors (Lipinski definition) is 1. The molecular weight excluding hydrogens is 428 g/mol. The maximum Gasteiger partial charge on any atom is 0.174 e. The molecule has 1 fully saturated rings. The Morgan fingerprint density at radius 3 is 2.42 bits per heavy atom. The fraction of sp³-hybridized carbons (Fsp3) is 0.185. The Morgan fingerprint density at radius 1 is 0.909 bits per heavy atom. The van der Waals surface area contributed by atoms with E-state index < -0.39 is 0 Å². The number of hydrogen-bond acceptors (Lipinski definition) is 3. The van der Waals surface area contributed by atoms with Crippen molar-refractivity contribution in [2.45, 2.75) is 25.9 Å². The molecule has 0 aliphatic carbocycles. The highest BCUT2D eigenvalue weighted by Crippen LogP contribution is 2.43. The summed E-state index contributed by atoms with van der Waals surface area (Å²) >= 11 is 5.88. The monoisotopic (exact) mass is 454 g/mol. The Labute approximate surface area is 199 Å². The van der Waals surface area contributed by atoms with Gasteiger partial charge in [0.15, 0.2) is 5.11 Å². The summed E-state index contributed by atoms with van der Waals surface area (Å²) in [5, 5.41) is 4.25. The lowest BCUT2D eigenvalue weighted by molar-refractivity contribution is 0.414. The van der Waals surface area contributed by atoms with Gasteiger partial charge in [0.2, 0.25) is 0 Å². The lowest BCUT2D eigenvalue weighted by Crippen LogP contribution is -2.30. The number of aromatic nitrogens is 2. The van der Waals surface area contributed by atoms with Crippen LogP contribution in [0.15, 0.2) is 85.1 Å². The highest BCUT2D eigenvalue weighted by molar-refractivity contribution is 7.80. The average molecular weight is 455 g/mol. The van der Waals surface area contributed by atoms with E-state index in [1.165, 1.54) is 5.56 Å². The number of aryl methyl sites for hydroxylation is 2.